The lowest BCUT2D eigenvalue weighted by Crippen LogP contribution is -2.38. The molecule has 0 aliphatic carbocycles. The zero-order valence-corrected chi connectivity index (χ0v) is 15.9. The van der Waals surface area contributed by atoms with Gasteiger partial charge in [0.05, 0.1) is 11.9 Å². The van der Waals surface area contributed by atoms with Crippen LogP contribution in [0, 0.1) is 17.5 Å². The second-order valence-corrected chi connectivity index (χ2v) is 6.04. The first-order chi connectivity index (χ1) is 13.9. The smallest absolute Gasteiger partial charge is 0.254 e. The molecule has 0 unspecified atom stereocenters. The van der Waals surface area contributed by atoms with Crippen molar-refractivity contribution in [3.05, 3.63) is 65.0 Å². The van der Waals surface area contributed by atoms with E-state index in [2.05, 4.69) is 15.3 Å². The quantitative estimate of drug-likeness (QED) is 0.413. The molecule has 9 heteroatoms. The van der Waals surface area contributed by atoms with Crippen LogP contribution in [0.3, 0.4) is 0 Å². The maximum Gasteiger partial charge on any atom is 0.254 e. The number of amides is 2. The van der Waals surface area contributed by atoms with E-state index in [1.54, 1.807) is 24.3 Å². The fourth-order valence-corrected chi connectivity index (χ4v) is 2.52. The van der Waals surface area contributed by atoms with E-state index in [0.29, 0.717) is 18.1 Å². The van der Waals surface area contributed by atoms with E-state index in [1.165, 1.54) is 18.2 Å². The number of carbonyl (C=O) groups excluding carboxylic acids is 2. The molecule has 6 nitrogen and oxygen atoms in total. The van der Waals surface area contributed by atoms with Crippen LogP contribution in [0.5, 0.6) is 0 Å². The van der Waals surface area contributed by atoms with Crippen molar-refractivity contribution in [1.29, 1.82) is 0 Å². The maximum atomic E-state index is 13.7. The molecule has 0 fully saturated rings. The Morgan fingerprint density at radius 2 is 1.79 bits per heavy atom. The number of carbonyl (C=O) groups is 2. The average molecular weight is 407 g/mol. The van der Waals surface area contributed by atoms with Crippen LogP contribution in [0.15, 0.2) is 41.6 Å². The summed E-state index contributed by atoms with van der Waals surface area (Å²) >= 11 is 0. The maximum absolute atomic E-state index is 13.7. The van der Waals surface area contributed by atoms with Gasteiger partial charge in [0, 0.05) is 12.1 Å². The highest BCUT2D eigenvalue weighted by Crippen LogP contribution is 2.19. The van der Waals surface area contributed by atoms with Crippen molar-refractivity contribution < 1.29 is 27.6 Å². The zero-order valence-electron chi connectivity index (χ0n) is 15.9. The van der Waals surface area contributed by atoms with Gasteiger partial charge in [0.25, 0.3) is 5.91 Å². The minimum atomic E-state index is -1.68. The topological polar surface area (TPSA) is 71.0 Å². The number of oxime groups is 1. The highest BCUT2D eigenvalue weighted by atomic mass is 19.2. The molecule has 0 radical (unpaired) electrons. The van der Waals surface area contributed by atoms with E-state index >= 15 is 0 Å². The molecule has 0 saturated heterocycles. The highest BCUT2D eigenvalue weighted by Gasteiger charge is 2.20. The Kier molecular flexibility index (Phi) is 7.76. The number of rotatable bonds is 8. The third-order valence-electron chi connectivity index (χ3n) is 3.89. The lowest BCUT2D eigenvalue weighted by Gasteiger charge is -2.22. The Labute approximate surface area is 166 Å². The molecule has 2 aromatic rings. The number of anilines is 1. The molecule has 29 heavy (non-hydrogen) atoms. The summed E-state index contributed by atoms with van der Waals surface area (Å²) in [5.41, 5.74) is 0.566. The van der Waals surface area contributed by atoms with Gasteiger partial charge < -0.3 is 15.1 Å². The van der Waals surface area contributed by atoms with Crippen LogP contribution in [0.4, 0.5) is 18.9 Å². The van der Waals surface area contributed by atoms with E-state index < -0.39 is 35.0 Å². The summed E-state index contributed by atoms with van der Waals surface area (Å²) in [6.07, 6.45) is 2.05. The van der Waals surface area contributed by atoms with Crippen LogP contribution in [0.1, 0.15) is 29.3 Å². The van der Waals surface area contributed by atoms with Gasteiger partial charge in [-0.1, -0.05) is 24.2 Å². The van der Waals surface area contributed by atoms with Gasteiger partial charge in [-0.05, 0) is 36.2 Å². The van der Waals surface area contributed by atoms with E-state index in [4.69, 9.17) is 0 Å². The number of nitrogens with one attached hydrogen (secondary N) is 1. The van der Waals surface area contributed by atoms with E-state index in [0.717, 1.165) is 11.6 Å². The predicted octanol–water partition coefficient (Wildman–Crippen LogP) is 3.58. The molecule has 0 bridgehead atoms. The molecule has 154 valence electrons. The molecule has 2 aromatic carbocycles. The number of hydrogen-bond acceptors (Lipinski definition) is 4. The second kappa shape index (κ2) is 10.3. The Bertz CT molecular complexity index is 902. The van der Waals surface area contributed by atoms with Crippen molar-refractivity contribution in [2.75, 3.05) is 25.5 Å². The minimum absolute atomic E-state index is 0.277. The van der Waals surface area contributed by atoms with E-state index in [1.807, 2.05) is 6.92 Å². The number of nitrogens with zero attached hydrogens (tertiary/aromatic N) is 2. The normalized spacial score (nSPS) is 10.8. The first-order valence-corrected chi connectivity index (χ1v) is 8.76. The van der Waals surface area contributed by atoms with Crippen LogP contribution in [0.2, 0.25) is 0 Å². The molecule has 0 aliphatic rings. The summed E-state index contributed by atoms with van der Waals surface area (Å²) in [5.74, 6) is -5.67. The van der Waals surface area contributed by atoms with Gasteiger partial charge in [-0.3, -0.25) is 9.59 Å². The van der Waals surface area contributed by atoms with Gasteiger partial charge in [-0.25, -0.2) is 13.2 Å². The van der Waals surface area contributed by atoms with Crippen molar-refractivity contribution in [2.24, 2.45) is 5.16 Å². The lowest BCUT2D eigenvalue weighted by atomic mass is 10.1. The van der Waals surface area contributed by atoms with Crippen LogP contribution in [0.25, 0.3) is 0 Å². The molecular formula is C20H20F3N3O3. The summed E-state index contributed by atoms with van der Waals surface area (Å²) in [6, 6.07) is 8.10. The lowest BCUT2D eigenvalue weighted by molar-refractivity contribution is -0.116. The van der Waals surface area contributed by atoms with Crippen LogP contribution in [-0.4, -0.2) is 43.1 Å². The molecule has 1 N–H and O–H groups in total. The minimum Gasteiger partial charge on any atom is -0.399 e. The van der Waals surface area contributed by atoms with Crippen molar-refractivity contribution >= 4 is 23.7 Å². The van der Waals surface area contributed by atoms with Crippen molar-refractivity contribution in [2.45, 2.75) is 13.3 Å². The molecule has 0 aromatic heterocycles. The predicted molar refractivity (Wildman–Crippen MR) is 102 cm³/mol. The first-order valence-electron chi connectivity index (χ1n) is 8.76. The standard InChI is InChI=1S/C20H20F3N3O3/c1-3-10-26(20(28)14-6-4-13(5-7-14)11-24-29-2)12-17(27)25-16-9-8-15(21)18(22)19(16)23/h4-9,11H,3,10,12H2,1-2H3,(H,25,27)/b24-11+. The summed E-state index contributed by atoms with van der Waals surface area (Å²) in [7, 11) is 1.41. The fourth-order valence-electron chi connectivity index (χ4n) is 2.52. The van der Waals surface area contributed by atoms with Crippen molar-refractivity contribution in [1.82, 2.24) is 4.90 Å². The molecule has 0 aliphatic heterocycles. The van der Waals surface area contributed by atoms with Gasteiger partial charge in [-0.15, -0.1) is 0 Å². The second-order valence-electron chi connectivity index (χ2n) is 6.04. The van der Waals surface area contributed by atoms with Crippen molar-refractivity contribution in [3.8, 4) is 0 Å². The summed E-state index contributed by atoms with van der Waals surface area (Å²) in [4.78, 5) is 30.8. The molecule has 0 spiro atoms. The van der Waals surface area contributed by atoms with E-state index in [9.17, 15) is 22.8 Å². The van der Waals surface area contributed by atoms with Crippen LogP contribution >= 0.6 is 0 Å². The number of benzene rings is 2. The molecule has 2 rings (SSSR count). The average Bonchev–Trinajstić information content (AvgIpc) is 2.72. The number of hydrogen-bond donors (Lipinski definition) is 1. The third-order valence-corrected chi connectivity index (χ3v) is 3.89. The van der Waals surface area contributed by atoms with Gasteiger partial charge in [0.15, 0.2) is 17.5 Å². The van der Waals surface area contributed by atoms with Gasteiger partial charge in [0.2, 0.25) is 5.91 Å². The molecule has 0 saturated carbocycles. The SMILES string of the molecule is CCCN(CC(=O)Nc1ccc(F)c(F)c1F)C(=O)c1ccc(/C=N/OC)cc1. The zero-order chi connectivity index (χ0) is 21.4. The Morgan fingerprint density at radius 3 is 2.41 bits per heavy atom. The summed E-state index contributed by atoms with van der Waals surface area (Å²) in [6.45, 7) is 1.73. The Hall–Kier alpha value is -3.36. The van der Waals surface area contributed by atoms with Gasteiger partial charge in [0.1, 0.15) is 13.7 Å². The van der Waals surface area contributed by atoms with Gasteiger partial charge in [-0.2, -0.15) is 0 Å². The Balaban J connectivity index is 2.10. The monoisotopic (exact) mass is 407 g/mol. The van der Waals surface area contributed by atoms with Crippen LogP contribution < -0.4 is 5.32 Å². The molecule has 0 heterocycles. The fraction of sp³-hybridized carbons (Fsp3) is 0.250. The van der Waals surface area contributed by atoms with Gasteiger partial charge >= 0.3 is 0 Å². The third kappa shape index (κ3) is 5.81. The van der Waals surface area contributed by atoms with E-state index in [-0.39, 0.29) is 13.1 Å². The van der Waals surface area contributed by atoms with Crippen molar-refractivity contribution in [3.63, 3.8) is 0 Å². The van der Waals surface area contributed by atoms with Crippen LogP contribution in [-0.2, 0) is 9.63 Å². The largest absolute Gasteiger partial charge is 0.399 e. The first kappa shape index (κ1) is 21.9. The number of halogens is 3. The molecule has 0 atom stereocenters. The summed E-state index contributed by atoms with van der Waals surface area (Å²) < 4.78 is 40.0. The molecular weight excluding hydrogens is 387 g/mol. The highest BCUT2D eigenvalue weighted by molar-refractivity contribution is 5.99. The summed E-state index contributed by atoms with van der Waals surface area (Å²) in [5, 5.41) is 5.78. The molecule has 2 amide bonds. The Morgan fingerprint density at radius 1 is 1.10 bits per heavy atom.